The van der Waals surface area contributed by atoms with Crippen molar-refractivity contribution >= 4 is 11.6 Å². The van der Waals surface area contributed by atoms with Crippen molar-refractivity contribution in [1.29, 1.82) is 0 Å². The van der Waals surface area contributed by atoms with Gasteiger partial charge in [-0.1, -0.05) is 18.0 Å². The van der Waals surface area contributed by atoms with E-state index in [2.05, 4.69) is 5.32 Å². The van der Waals surface area contributed by atoms with Gasteiger partial charge in [-0.15, -0.1) is 0 Å². The van der Waals surface area contributed by atoms with E-state index in [1.54, 1.807) is 13.2 Å². The molecule has 0 aromatic heterocycles. The Kier molecular flexibility index (Phi) is 3.56. The SMILES string of the molecule is COc1cc(C2CCCCN2)c(O)cc1Cl. The Morgan fingerprint density at radius 2 is 2.25 bits per heavy atom. The molecule has 2 N–H and O–H groups in total. The lowest BCUT2D eigenvalue weighted by atomic mass is 9.96. The van der Waals surface area contributed by atoms with Crippen molar-refractivity contribution in [2.45, 2.75) is 25.3 Å². The van der Waals surface area contributed by atoms with E-state index in [1.165, 1.54) is 12.8 Å². The van der Waals surface area contributed by atoms with Crippen LogP contribution in [0.2, 0.25) is 5.02 Å². The molecule has 0 bridgehead atoms. The largest absolute Gasteiger partial charge is 0.508 e. The van der Waals surface area contributed by atoms with Gasteiger partial charge in [0.25, 0.3) is 0 Å². The summed E-state index contributed by atoms with van der Waals surface area (Å²) in [6.07, 6.45) is 3.42. The first-order chi connectivity index (χ1) is 7.72. The van der Waals surface area contributed by atoms with E-state index in [9.17, 15) is 5.11 Å². The maximum atomic E-state index is 9.88. The summed E-state index contributed by atoms with van der Waals surface area (Å²) in [5, 5.41) is 13.7. The molecule has 3 nitrogen and oxygen atoms in total. The predicted molar refractivity (Wildman–Crippen MR) is 64.3 cm³/mol. The Morgan fingerprint density at radius 1 is 1.44 bits per heavy atom. The molecule has 0 aliphatic carbocycles. The van der Waals surface area contributed by atoms with E-state index in [4.69, 9.17) is 16.3 Å². The summed E-state index contributed by atoms with van der Waals surface area (Å²) in [5.74, 6) is 0.854. The summed E-state index contributed by atoms with van der Waals surface area (Å²) in [6, 6.07) is 3.58. The van der Waals surface area contributed by atoms with Crippen LogP contribution in [0, 0.1) is 0 Å². The number of halogens is 1. The maximum Gasteiger partial charge on any atom is 0.138 e. The molecule has 1 heterocycles. The first-order valence-corrected chi connectivity index (χ1v) is 5.90. The van der Waals surface area contributed by atoms with Gasteiger partial charge >= 0.3 is 0 Å². The third kappa shape index (κ3) is 2.25. The predicted octanol–water partition coefficient (Wildman–Crippen LogP) is 2.87. The number of hydrogen-bond acceptors (Lipinski definition) is 3. The fraction of sp³-hybridized carbons (Fsp3) is 0.500. The second kappa shape index (κ2) is 4.93. The van der Waals surface area contributed by atoms with Crippen molar-refractivity contribution in [3.05, 3.63) is 22.7 Å². The van der Waals surface area contributed by atoms with Crippen LogP contribution in [0.4, 0.5) is 0 Å². The molecule has 1 aromatic rings. The Bertz CT molecular complexity index is 376. The monoisotopic (exact) mass is 241 g/mol. The molecule has 1 unspecified atom stereocenters. The lowest BCUT2D eigenvalue weighted by molar-refractivity contribution is 0.382. The second-order valence-corrected chi connectivity index (χ2v) is 4.46. The highest BCUT2D eigenvalue weighted by molar-refractivity contribution is 6.32. The molecule has 1 aromatic carbocycles. The number of nitrogens with one attached hydrogen (secondary N) is 1. The van der Waals surface area contributed by atoms with Gasteiger partial charge in [-0.25, -0.2) is 0 Å². The highest BCUT2D eigenvalue weighted by atomic mass is 35.5. The molecular weight excluding hydrogens is 226 g/mol. The standard InChI is InChI=1S/C12H16ClNO2/c1-16-12-6-8(11(15)7-9(12)13)10-4-2-3-5-14-10/h6-7,10,14-15H,2-5H2,1H3. The molecule has 2 rings (SSSR count). The molecule has 1 fully saturated rings. The molecule has 0 amide bonds. The average molecular weight is 242 g/mol. The quantitative estimate of drug-likeness (QED) is 0.837. The minimum absolute atomic E-state index is 0.208. The number of phenols is 1. The van der Waals surface area contributed by atoms with Gasteiger partial charge in [0.1, 0.15) is 11.5 Å². The Labute approximate surface area is 100 Å². The van der Waals surface area contributed by atoms with E-state index in [0.717, 1.165) is 18.5 Å². The zero-order valence-electron chi connectivity index (χ0n) is 9.29. The van der Waals surface area contributed by atoms with Gasteiger partial charge < -0.3 is 15.2 Å². The van der Waals surface area contributed by atoms with Crippen molar-refractivity contribution in [2.75, 3.05) is 13.7 Å². The maximum absolute atomic E-state index is 9.88. The van der Waals surface area contributed by atoms with Gasteiger partial charge in [-0.05, 0) is 25.5 Å². The molecule has 0 saturated carbocycles. The number of methoxy groups -OCH3 is 1. The number of piperidine rings is 1. The van der Waals surface area contributed by atoms with Crippen LogP contribution < -0.4 is 10.1 Å². The number of aromatic hydroxyl groups is 1. The van der Waals surface area contributed by atoms with Gasteiger partial charge in [0.15, 0.2) is 0 Å². The fourth-order valence-corrected chi connectivity index (χ4v) is 2.35. The van der Waals surface area contributed by atoms with E-state index in [-0.39, 0.29) is 11.8 Å². The van der Waals surface area contributed by atoms with Crippen molar-refractivity contribution in [2.24, 2.45) is 0 Å². The van der Waals surface area contributed by atoms with Crippen LogP contribution >= 0.6 is 11.6 Å². The Balaban J connectivity index is 2.31. The summed E-state index contributed by atoms with van der Waals surface area (Å²) >= 11 is 5.94. The molecule has 0 spiro atoms. The van der Waals surface area contributed by atoms with E-state index >= 15 is 0 Å². The van der Waals surface area contributed by atoms with Crippen molar-refractivity contribution in [3.63, 3.8) is 0 Å². The number of phenolic OH excluding ortho intramolecular Hbond substituents is 1. The highest BCUT2D eigenvalue weighted by Gasteiger charge is 2.19. The van der Waals surface area contributed by atoms with Crippen molar-refractivity contribution in [3.8, 4) is 11.5 Å². The molecule has 88 valence electrons. The smallest absolute Gasteiger partial charge is 0.138 e. The van der Waals surface area contributed by atoms with Crippen LogP contribution in [0.3, 0.4) is 0 Å². The summed E-state index contributed by atoms with van der Waals surface area (Å²) in [6.45, 7) is 0.995. The van der Waals surface area contributed by atoms with Crippen molar-refractivity contribution in [1.82, 2.24) is 5.32 Å². The van der Waals surface area contributed by atoms with E-state index < -0.39 is 0 Å². The zero-order valence-corrected chi connectivity index (χ0v) is 10.0. The van der Waals surface area contributed by atoms with Gasteiger partial charge in [0, 0.05) is 17.7 Å². The molecular formula is C12H16ClNO2. The van der Waals surface area contributed by atoms with Crippen LogP contribution in [0.15, 0.2) is 12.1 Å². The summed E-state index contributed by atoms with van der Waals surface area (Å²) in [7, 11) is 1.58. The molecule has 0 radical (unpaired) electrons. The van der Waals surface area contributed by atoms with Gasteiger partial charge in [0.2, 0.25) is 0 Å². The summed E-state index contributed by atoms with van der Waals surface area (Å²) < 4.78 is 5.16. The first kappa shape index (κ1) is 11.6. The third-order valence-electron chi connectivity index (χ3n) is 2.99. The minimum Gasteiger partial charge on any atom is -0.508 e. The first-order valence-electron chi connectivity index (χ1n) is 5.52. The van der Waals surface area contributed by atoms with Crippen LogP contribution in [-0.4, -0.2) is 18.8 Å². The lowest BCUT2D eigenvalue weighted by Crippen LogP contribution is -2.26. The number of benzene rings is 1. The topological polar surface area (TPSA) is 41.5 Å². The van der Waals surface area contributed by atoms with Crippen LogP contribution in [0.1, 0.15) is 30.9 Å². The normalized spacial score (nSPS) is 20.8. The molecule has 4 heteroatoms. The number of ether oxygens (including phenoxy) is 1. The van der Waals surface area contributed by atoms with Crippen LogP contribution in [0.25, 0.3) is 0 Å². The minimum atomic E-state index is 0.208. The Hall–Kier alpha value is -0.930. The second-order valence-electron chi connectivity index (χ2n) is 4.05. The highest BCUT2D eigenvalue weighted by Crippen LogP contribution is 2.37. The van der Waals surface area contributed by atoms with Crippen LogP contribution in [-0.2, 0) is 0 Å². The average Bonchev–Trinajstić information content (AvgIpc) is 2.30. The lowest BCUT2D eigenvalue weighted by Gasteiger charge is -2.25. The van der Waals surface area contributed by atoms with Gasteiger partial charge in [-0.2, -0.15) is 0 Å². The molecule has 1 atom stereocenters. The van der Waals surface area contributed by atoms with E-state index in [1.807, 2.05) is 6.07 Å². The molecule has 1 saturated heterocycles. The summed E-state index contributed by atoms with van der Waals surface area (Å²) in [5.41, 5.74) is 0.876. The molecule has 16 heavy (non-hydrogen) atoms. The van der Waals surface area contributed by atoms with Gasteiger partial charge in [0.05, 0.1) is 12.1 Å². The fourth-order valence-electron chi connectivity index (χ4n) is 2.11. The number of rotatable bonds is 2. The van der Waals surface area contributed by atoms with Gasteiger partial charge in [-0.3, -0.25) is 0 Å². The van der Waals surface area contributed by atoms with Crippen LogP contribution in [0.5, 0.6) is 11.5 Å². The zero-order chi connectivity index (χ0) is 11.5. The molecule has 1 aliphatic rings. The van der Waals surface area contributed by atoms with E-state index in [0.29, 0.717) is 10.8 Å². The van der Waals surface area contributed by atoms with Crippen molar-refractivity contribution < 1.29 is 9.84 Å². The number of hydrogen-bond donors (Lipinski definition) is 2. The third-order valence-corrected chi connectivity index (χ3v) is 3.28. The Morgan fingerprint density at radius 3 is 2.88 bits per heavy atom. The molecule has 1 aliphatic heterocycles. The summed E-state index contributed by atoms with van der Waals surface area (Å²) in [4.78, 5) is 0.